The Labute approximate surface area is 200 Å². The van der Waals surface area contributed by atoms with Crippen molar-refractivity contribution in [2.24, 2.45) is 5.92 Å². The van der Waals surface area contributed by atoms with Crippen LogP contribution < -0.4 is 5.32 Å². The van der Waals surface area contributed by atoms with Crippen LogP contribution in [0.1, 0.15) is 47.6 Å². The number of phenols is 1. The van der Waals surface area contributed by atoms with Crippen molar-refractivity contribution >= 4 is 16.8 Å². The Morgan fingerprint density at radius 1 is 1.09 bits per heavy atom. The number of halogens is 2. The van der Waals surface area contributed by atoms with Crippen LogP contribution >= 0.6 is 0 Å². The van der Waals surface area contributed by atoms with Crippen molar-refractivity contribution in [3.05, 3.63) is 71.7 Å². The molecule has 1 saturated carbocycles. The average Bonchev–Trinajstić information content (AvgIpc) is 3.30. The molecule has 0 unspecified atom stereocenters. The molecular formula is C26H25F2N5O2. The van der Waals surface area contributed by atoms with Crippen LogP contribution in [0.4, 0.5) is 8.78 Å². The van der Waals surface area contributed by atoms with Gasteiger partial charge < -0.3 is 10.4 Å². The van der Waals surface area contributed by atoms with Crippen molar-refractivity contribution in [2.75, 3.05) is 6.54 Å². The molecule has 2 aromatic carbocycles. The highest BCUT2D eigenvalue weighted by atomic mass is 19.1. The second-order valence-corrected chi connectivity index (χ2v) is 9.14. The summed E-state index contributed by atoms with van der Waals surface area (Å²) < 4.78 is 29.1. The Morgan fingerprint density at radius 2 is 1.77 bits per heavy atom. The Hall–Kier alpha value is -3.88. The minimum absolute atomic E-state index is 0.148. The number of hydrogen-bond acceptors (Lipinski definition) is 5. The molecule has 180 valence electrons. The first-order valence-corrected chi connectivity index (χ1v) is 11.6. The summed E-state index contributed by atoms with van der Waals surface area (Å²) in [6.45, 7) is 2.38. The third-order valence-electron chi connectivity index (χ3n) is 6.58. The number of fused-ring (bicyclic) bond motifs is 1. The lowest BCUT2D eigenvalue weighted by Crippen LogP contribution is -2.31. The minimum Gasteiger partial charge on any atom is -0.503 e. The molecule has 1 aliphatic rings. The van der Waals surface area contributed by atoms with Gasteiger partial charge in [-0.25, -0.2) is 18.7 Å². The van der Waals surface area contributed by atoms with Crippen molar-refractivity contribution in [1.82, 2.24) is 25.1 Å². The molecule has 1 amide bonds. The summed E-state index contributed by atoms with van der Waals surface area (Å²) >= 11 is 0. The third-order valence-corrected chi connectivity index (χ3v) is 6.58. The lowest BCUT2D eigenvalue weighted by Gasteiger charge is -2.28. The SMILES string of the molecule is Cc1cnc(-c2ccc3cn([C@H]4CC[C@H](CNC(=O)c5cc(F)c(O)c(F)c5)CC4)nc3c2)nc1. The van der Waals surface area contributed by atoms with Gasteiger partial charge in [-0.3, -0.25) is 9.48 Å². The van der Waals surface area contributed by atoms with Gasteiger partial charge in [0.15, 0.2) is 23.2 Å². The summed E-state index contributed by atoms with van der Waals surface area (Å²) in [5.74, 6) is -2.99. The zero-order chi connectivity index (χ0) is 24.5. The topological polar surface area (TPSA) is 92.9 Å². The van der Waals surface area contributed by atoms with Gasteiger partial charge in [0, 0.05) is 41.6 Å². The van der Waals surface area contributed by atoms with Gasteiger partial charge in [0.05, 0.1) is 11.6 Å². The normalized spacial score (nSPS) is 18.0. The van der Waals surface area contributed by atoms with Crippen molar-refractivity contribution in [1.29, 1.82) is 0 Å². The highest BCUT2D eigenvalue weighted by molar-refractivity contribution is 5.94. The van der Waals surface area contributed by atoms with Gasteiger partial charge in [0.2, 0.25) is 0 Å². The molecule has 0 saturated heterocycles. The largest absolute Gasteiger partial charge is 0.503 e. The van der Waals surface area contributed by atoms with Crippen molar-refractivity contribution in [2.45, 2.75) is 38.6 Å². The lowest BCUT2D eigenvalue weighted by atomic mass is 9.86. The molecule has 0 bridgehead atoms. The fraction of sp³-hybridized carbons (Fsp3) is 0.308. The maximum atomic E-state index is 13.5. The summed E-state index contributed by atoms with van der Waals surface area (Å²) in [5.41, 5.74) is 2.69. The maximum absolute atomic E-state index is 13.5. The van der Waals surface area contributed by atoms with E-state index in [1.807, 2.05) is 29.8 Å². The van der Waals surface area contributed by atoms with Crippen LogP contribution in [-0.4, -0.2) is 37.3 Å². The molecule has 0 aliphatic heterocycles. The number of rotatable bonds is 5. The molecule has 0 spiro atoms. The Balaban J connectivity index is 1.19. The smallest absolute Gasteiger partial charge is 0.251 e. The number of nitrogens with zero attached hydrogens (tertiary/aromatic N) is 4. The van der Waals surface area contributed by atoms with Gasteiger partial charge in [0.25, 0.3) is 5.91 Å². The van der Waals surface area contributed by atoms with Crippen molar-refractivity contribution in [3.8, 4) is 17.1 Å². The first-order valence-electron chi connectivity index (χ1n) is 11.6. The van der Waals surface area contributed by atoms with E-state index >= 15 is 0 Å². The van der Waals surface area contributed by atoms with Crippen LogP contribution in [0.5, 0.6) is 5.75 Å². The molecule has 7 nitrogen and oxygen atoms in total. The Morgan fingerprint density at radius 3 is 2.46 bits per heavy atom. The summed E-state index contributed by atoms with van der Waals surface area (Å²) in [4.78, 5) is 21.1. The van der Waals surface area contributed by atoms with E-state index in [2.05, 4.69) is 21.5 Å². The molecule has 5 rings (SSSR count). The van der Waals surface area contributed by atoms with Crippen molar-refractivity contribution < 1.29 is 18.7 Å². The summed E-state index contributed by atoms with van der Waals surface area (Å²) in [6.07, 6.45) is 9.32. The number of aromatic nitrogens is 4. The molecular weight excluding hydrogens is 452 g/mol. The van der Waals surface area contributed by atoms with Gasteiger partial charge in [0.1, 0.15) is 0 Å². The third kappa shape index (κ3) is 4.84. The van der Waals surface area contributed by atoms with Gasteiger partial charge in [-0.15, -0.1) is 0 Å². The molecule has 0 atom stereocenters. The van der Waals surface area contributed by atoms with E-state index in [1.54, 1.807) is 12.4 Å². The van der Waals surface area contributed by atoms with Crippen LogP contribution in [0.15, 0.2) is 48.9 Å². The fourth-order valence-electron chi connectivity index (χ4n) is 4.55. The standard InChI is InChI=1S/C26H25F2N5O2/c1-15-11-29-25(30-12-15)17-4-5-18-14-33(32-23(18)10-17)20-6-2-16(3-7-20)13-31-26(35)19-8-21(27)24(34)22(28)9-19/h4-5,8-12,14,16,20,34H,2-3,6-7,13H2,1H3,(H,31,35)/t16-,20-. The van der Waals surface area contributed by atoms with Crippen LogP contribution in [0.25, 0.3) is 22.3 Å². The quantitative estimate of drug-likeness (QED) is 0.424. The van der Waals surface area contributed by atoms with Crippen molar-refractivity contribution in [3.63, 3.8) is 0 Å². The van der Waals surface area contributed by atoms with Crippen LogP contribution in [0, 0.1) is 24.5 Å². The predicted molar refractivity (Wildman–Crippen MR) is 127 cm³/mol. The minimum atomic E-state index is -1.15. The molecule has 2 heterocycles. The zero-order valence-electron chi connectivity index (χ0n) is 19.2. The highest BCUT2D eigenvalue weighted by Crippen LogP contribution is 2.33. The second kappa shape index (κ2) is 9.40. The van der Waals surface area contributed by atoms with Gasteiger partial charge in [-0.2, -0.15) is 5.10 Å². The maximum Gasteiger partial charge on any atom is 0.251 e. The number of carbonyl (C=O) groups excluding carboxylic acids is 1. The van der Waals surface area contributed by atoms with E-state index in [0.29, 0.717) is 12.4 Å². The second-order valence-electron chi connectivity index (χ2n) is 9.14. The number of aryl methyl sites for hydroxylation is 1. The summed E-state index contributed by atoms with van der Waals surface area (Å²) in [6, 6.07) is 7.99. The number of amides is 1. The Kier molecular flexibility index (Phi) is 6.15. The molecule has 35 heavy (non-hydrogen) atoms. The molecule has 4 aromatic rings. The van der Waals surface area contributed by atoms with Gasteiger partial charge in [-0.1, -0.05) is 12.1 Å². The highest BCUT2D eigenvalue weighted by Gasteiger charge is 2.24. The first kappa shape index (κ1) is 22.9. The number of carbonyl (C=O) groups is 1. The number of phenolic OH excluding ortho intramolecular Hbond substituents is 1. The van der Waals surface area contributed by atoms with Gasteiger partial charge >= 0.3 is 0 Å². The van der Waals surface area contributed by atoms with E-state index < -0.39 is 23.3 Å². The van der Waals surface area contributed by atoms with Crippen LogP contribution in [0.3, 0.4) is 0 Å². The molecule has 9 heteroatoms. The average molecular weight is 478 g/mol. The van der Waals surface area contributed by atoms with E-state index in [4.69, 9.17) is 5.10 Å². The van der Waals surface area contributed by atoms with E-state index in [9.17, 15) is 18.7 Å². The van der Waals surface area contributed by atoms with Crippen LogP contribution in [0.2, 0.25) is 0 Å². The molecule has 1 aliphatic carbocycles. The number of hydrogen-bond donors (Lipinski definition) is 2. The lowest BCUT2D eigenvalue weighted by molar-refractivity contribution is 0.0940. The van der Waals surface area contributed by atoms with E-state index in [-0.39, 0.29) is 17.5 Å². The molecule has 2 aromatic heterocycles. The first-order chi connectivity index (χ1) is 16.9. The molecule has 1 fully saturated rings. The molecule has 0 radical (unpaired) electrons. The van der Waals surface area contributed by atoms with E-state index in [1.165, 1.54) is 0 Å². The number of benzene rings is 2. The summed E-state index contributed by atoms with van der Waals surface area (Å²) in [5, 5.41) is 17.8. The number of nitrogens with one attached hydrogen (secondary N) is 1. The summed E-state index contributed by atoms with van der Waals surface area (Å²) in [7, 11) is 0. The zero-order valence-corrected chi connectivity index (χ0v) is 19.2. The van der Waals surface area contributed by atoms with E-state index in [0.717, 1.165) is 59.8 Å². The fourth-order valence-corrected chi connectivity index (χ4v) is 4.55. The van der Waals surface area contributed by atoms with Crippen LogP contribution in [-0.2, 0) is 0 Å². The number of aromatic hydroxyl groups is 1. The monoisotopic (exact) mass is 477 g/mol. The molecule has 2 N–H and O–H groups in total. The Bertz CT molecular complexity index is 1360. The van der Waals surface area contributed by atoms with Gasteiger partial charge in [-0.05, 0) is 62.3 Å². The predicted octanol–water partition coefficient (Wildman–Crippen LogP) is 4.95.